The molecule has 0 aromatic carbocycles. The molecule has 19 heavy (non-hydrogen) atoms. The van der Waals surface area contributed by atoms with Crippen LogP contribution in [0.5, 0.6) is 0 Å². The molecule has 0 bridgehead atoms. The van der Waals surface area contributed by atoms with Gasteiger partial charge in [-0.25, -0.2) is 0 Å². The number of hydrogen-bond acceptors (Lipinski definition) is 0. The van der Waals surface area contributed by atoms with E-state index in [1.54, 1.807) is 0 Å². The van der Waals surface area contributed by atoms with E-state index in [-0.39, 0.29) is 5.41 Å². The Labute approximate surface area is 126 Å². The molecule has 0 aliphatic heterocycles. The lowest BCUT2D eigenvalue weighted by Crippen LogP contribution is -2.82. The molecule has 0 rings (SSSR count). The lowest BCUT2D eigenvalue weighted by atomic mass is 9.99. The lowest BCUT2D eigenvalue weighted by molar-refractivity contribution is 0.571. The molecule has 0 saturated carbocycles. The van der Waals surface area contributed by atoms with E-state index in [4.69, 9.17) is 0 Å². The average molecular weight is 329 g/mol. The molecule has 0 atom stereocenters. The maximum Gasteiger partial charge on any atom is 0.114 e. The van der Waals surface area contributed by atoms with Crippen LogP contribution in [0.3, 0.4) is 0 Å². The van der Waals surface area contributed by atoms with Crippen LogP contribution in [-0.4, -0.2) is 29.4 Å². The van der Waals surface area contributed by atoms with Gasteiger partial charge in [-0.15, -0.1) is 11.5 Å². The molecule has 112 valence electrons. The number of rotatable bonds is 3. The van der Waals surface area contributed by atoms with Gasteiger partial charge in [0.15, 0.2) is 0 Å². The molecule has 0 fully saturated rings. The zero-order chi connectivity index (χ0) is 15.9. The molecule has 0 aliphatic rings. The molecule has 0 N–H and O–H groups in total. The summed E-state index contributed by atoms with van der Waals surface area (Å²) in [7, 11) is -3.66. The fourth-order valence-corrected chi connectivity index (χ4v) is 97.6. The molecule has 0 saturated heterocycles. The first kappa shape index (κ1) is 19.4. The fraction of sp³-hybridized carbons (Fsp3) is 0.867. The Morgan fingerprint density at radius 1 is 0.579 bits per heavy atom. The summed E-state index contributed by atoms with van der Waals surface area (Å²) in [6.07, 6.45) is 0. The van der Waals surface area contributed by atoms with Crippen LogP contribution in [0.25, 0.3) is 0 Å². The highest BCUT2D eigenvalue weighted by Crippen LogP contribution is 2.36. The Balaban J connectivity index is 6.35. The van der Waals surface area contributed by atoms with Crippen molar-refractivity contribution in [3.05, 3.63) is 0 Å². The standard InChI is InChI=1S/C15H36Si4/c1-15(2,3)13-14-19(16(4,5)6,17(7,8)9)18(10,11)12/h1-12H3. The number of hydrogen-bond donors (Lipinski definition) is 0. The van der Waals surface area contributed by atoms with Crippen LogP contribution >= 0.6 is 0 Å². The van der Waals surface area contributed by atoms with Crippen molar-refractivity contribution in [3.63, 3.8) is 0 Å². The Morgan fingerprint density at radius 3 is 1.00 bits per heavy atom. The van der Waals surface area contributed by atoms with Crippen molar-refractivity contribution in [1.82, 2.24) is 0 Å². The lowest BCUT2D eigenvalue weighted by Gasteiger charge is -2.53. The van der Waals surface area contributed by atoms with Gasteiger partial charge < -0.3 is 0 Å². The van der Waals surface area contributed by atoms with E-state index in [1.165, 1.54) is 0 Å². The highest BCUT2D eigenvalue weighted by Gasteiger charge is 2.61. The van der Waals surface area contributed by atoms with Gasteiger partial charge >= 0.3 is 0 Å². The van der Waals surface area contributed by atoms with Crippen molar-refractivity contribution < 1.29 is 0 Å². The summed E-state index contributed by atoms with van der Waals surface area (Å²) in [5.41, 5.74) is 4.22. The Bertz CT molecular complexity index is 336. The third kappa shape index (κ3) is 4.20. The molecule has 0 nitrogen and oxygen atoms in total. The first-order valence-electron chi connectivity index (χ1n) is 7.50. The van der Waals surface area contributed by atoms with Gasteiger partial charge in [-0.05, 0) is 20.8 Å². The van der Waals surface area contributed by atoms with Crippen molar-refractivity contribution in [2.24, 2.45) is 5.41 Å². The van der Waals surface area contributed by atoms with Gasteiger partial charge in [0.25, 0.3) is 0 Å². The molecular formula is C15H36Si4. The zero-order valence-corrected chi connectivity index (χ0v) is 19.5. The van der Waals surface area contributed by atoms with E-state index in [9.17, 15) is 0 Å². The second-order valence-corrected chi connectivity index (χ2v) is 50.0. The Morgan fingerprint density at radius 2 is 0.842 bits per heavy atom. The predicted octanol–water partition coefficient (Wildman–Crippen LogP) is 5.27. The molecule has 0 spiro atoms. The van der Waals surface area contributed by atoms with Crippen LogP contribution in [0.15, 0.2) is 0 Å². The van der Waals surface area contributed by atoms with Gasteiger partial charge in [0.05, 0.1) is 0 Å². The van der Waals surface area contributed by atoms with Crippen LogP contribution < -0.4 is 0 Å². The minimum absolute atomic E-state index is 0.150. The topological polar surface area (TPSA) is 0 Å². The zero-order valence-electron chi connectivity index (χ0n) is 15.5. The molecule has 0 aliphatic carbocycles. The van der Waals surface area contributed by atoms with Gasteiger partial charge in [0, 0.05) is 28.2 Å². The van der Waals surface area contributed by atoms with E-state index < -0.39 is 29.4 Å². The second-order valence-electron chi connectivity index (χ2n) is 10.0. The summed E-state index contributed by atoms with van der Waals surface area (Å²) in [5, 5.41) is 0. The summed E-state index contributed by atoms with van der Waals surface area (Å²) in [6.45, 7) is 28.8. The summed E-state index contributed by atoms with van der Waals surface area (Å²) in [6, 6.07) is 0. The third-order valence-corrected chi connectivity index (χ3v) is 73.1. The average Bonchev–Trinajstić information content (AvgIpc) is 1.92. The molecule has 0 aromatic rings. The molecule has 0 aromatic heterocycles. The van der Waals surface area contributed by atoms with Crippen molar-refractivity contribution in [1.29, 1.82) is 0 Å². The van der Waals surface area contributed by atoms with E-state index in [1.807, 2.05) is 0 Å². The second kappa shape index (κ2) is 5.32. The SMILES string of the molecule is CC(C)(C)C#C[Si]([Si](C)(C)C)([Si](C)(C)C)[Si](C)(C)C. The van der Waals surface area contributed by atoms with Crippen molar-refractivity contribution in [2.45, 2.75) is 79.7 Å². The normalized spacial score (nSPS) is 14.9. The van der Waals surface area contributed by atoms with Crippen LogP contribution in [0.4, 0.5) is 0 Å². The Kier molecular flexibility index (Phi) is 5.44. The van der Waals surface area contributed by atoms with Crippen LogP contribution in [0.1, 0.15) is 20.8 Å². The van der Waals surface area contributed by atoms with Crippen LogP contribution in [0, 0.1) is 16.9 Å². The van der Waals surface area contributed by atoms with E-state index in [0.29, 0.717) is 0 Å². The fourth-order valence-electron chi connectivity index (χ4n) is 4.22. The van der Waals surface area contributed by atoms with E-state index >= 15 is 0 Å². The van der Waals surface area contributed by atoms with Crippen molar-refractivity contribution in [3.8, 4) is 11.5 Å². The van der Waals surface area contributed by atoms with E-state index in [0.717, 1.165) is 0 Å². The predicted molar refractivity (Wildman–Crippen MR) is 103 cm³/mol. The minimum Gasteiger partial charge on any atom is -0.140 e. The first-order valence-corrected chi connectivity index (χ1v) is 23.0. The molecule has 0 unspecified atom stereocenters. The quantitative estimate of drug-likeness (QED) is 0.489. The smallest absolute Gasteiger partial charge is 0.114 e. The summed E-state index contributed by atoms with van der Waals surface area (Å²) >= 11 is 0. The van der Waals surface area contributed by atoms with Gasteiger partial charge in [-0.2, -0.15) is 0 Å². The minimum atomic E-state index is -1.45. The van der Waals surface area contributed by atoms with Gasteiger partial charge in [0.1, 0.15) is 6.63 Å². The largest absolute Gasteiger partial charge is 0.140 e. The molecule has 0 heterocycles. The van der Waals surface area contributed by atoms with Crippen LogP contribution in [0.2, 0.25) is 58.9 Å². The summed E-state index contributed by atoms with van der Waals surface area (Å²) < 4.78 is 0. The maximum atomic E-state index is 4.07. The molecule has 4 heteroatoms. The van der Waals surface area contributed by atoms with Gasteiger partial charge in [0.2, 0.25) is 0 Å². The van der Waals surface area contributed by atoms with Crippen molar-refractivity contribution in [2.75, 3.05) is 0 Å². The first-order chi connectivity index (χ1) is 7.96. The van der Waals surface area contributed by atoms with Gasteiger partial charge in [-0.1, -0.05) is 58.9 Å². The third-order valence-electron chi connectivity index (χ3n) is 4.00. The van der Waals surface area contributed by atoms with Gasteiger partial charge in [-0.3, -0.25) is 0 Å². The van der Waals surface area contributed by atoms with Crippen molar-refractivity contribution >= 4 is 29.4 Å². The summed E-state index contributed by atoms with van der Waals surface area (Å²) in [4.78, 5) is 0. The highest BCUT2D eigenvalue weighted by atomic mass is 29.9. The molecule has 0 amide bonds. The highest BCUT2D eigenvalue weighted by molar-refractivity contribution is 7.91. The monoisotopic (exact) mass is 328 g/mol. The molecular weight excluding hydrogens is 293 g/mol. The molecule has 0 radical (unpaired) electrons. The maximum absolute atomic E-state index is 4.07. The Hall–Kier alpha value is 0.428. The summed E-state index contributed by atoms with van der Waals surface area (Å²) in [5.74, 6) is 3.70. The van der Waals surface area contributed by atoms with E-state index in [2.05, 4.69) is 91.2 Å². The van der Waals surface area contributed by atoms with Crippen LogP contribution in [-0.2, 0) is 0 Å².